The summed E-state index contributed by atoms with van der Waals surface area (Å²) in [5.41, 5.74) is 6.87. The Bertz CT molecular complexity index is 1490. The van der Waals surface area contributed by atoms with Gasteiger partial charge in [0.1, 0.15) is 16.8 Å². The van der Waals surface area contributed by atoms with Gasteiger partial charge < -0.3 is 9.30 Å². The van der Waals surface area contributed by atoms with E-state index in [4.69, 9.17) is 9.72 Å². The van der Waals surface area contributed by atoms with E-state index in [0.29, 0.717) is 18.6 Å². The third-order valence-corrected chi connectivity index (χ3v) is 5.93. The smallest absolute Gasteiger partial charge is 0.278 e. The van der Waals surface area contributed by atoms with E-state index in [0.717, 1.165) is 38.9 Å². The van der Waals surface area contributed by atoms with Gasteiger partial charge in [-0.1, -0.05) is 53.6 Å². The van der Waals surface area contributed by atoms with Crippen LogP contribution < -0.4 is 10.3 Å². The van der Waals surface area contributed by atoms with Crippen LogP contribution in [0.2, 0.25) is 0 Å². The first-order valence-electron chi connectivity index (χ1n) is 10.7. The minimum atomic E-state index is -0.0428. The lowest BCUT2D eigenvalue weighted by Gasteiger charge is -2.10. The first-order valence-corrected chi connectivity index (χ1v) is 10.7. The zero-order valence-corrected chi connectivity index (χ0v) is 18.5. The van der Waals surface area contributed by atoms with Crippen LogP contribution in [0.15, 0.2) is 77.9 Å². The highest BCUT2D eigenvalue weighted by molar-refractivity contribution is 6.05. The van der Waals surface area contributed by atoms with Gasteiger partial charge in [-0.2, -0.15) is 0 Å². The van der Waals surface area contributed by atoms with E-state index < -0.39 is 0 Å². The van der Waals surface area contributed by atoms with Crippen molar-refractivity contribution in [1.82, 2.24) is 14.1 Å². The van der Waals surface area contributed by atoms with Gasteiger partial charge in [-0.05, 0) is 49.2 Å². The maximum atomic E-state index is 13.7. The van der Waals surface area contributed by atoms with Crippen LogP contribution in [0.3, 0.4) is 0 Å². The van der Waals surface area contributed by atoms with Gasteiger partial charge in [0, 0.05) is 11.9 Å². The van der Waals surface area contributed by atoms with Crippen molar-refractivity contribution in [3.05, 3.63) is 106 Å². The summed E-state index contributed by atoms with van der Waals surface area (Å²) >= 11 is 0. The molecule has 0 radical (unpaired) electrons. The Morgan fingerprint density at radius 3 is 2.44 bits per heavy atom. The van der Waals surface area contributed by atoms with Crippen LogP contribution in [0.4, 0.5) is 0 Å². The van der Waals surface area contributed by atoms with Gasteiger partial charge in [0.05, 0.1) is 25.5 Å². The lowest BCUT2D eigenvalue weighted by atomic mass is 10.1. The van der Waals surface area contributed by atoms with Crippen LogP contribution in [0, 0.1) is 13.8 Å². The van der Waals surface area contributed by atoms with E-state index in [2.05, 4.69) is 60.9 Å². The Kier molecular flexibility index (Phi) is 5.02. The van der Waals surface area contributed by atoms with Crippen LogP contribution in [0.1, 0.15) is 22.3 Å². The van der Waals surface area contributed by atoms with Crippen molar-refractivity contribution in [3.8, 4) is 5.75 Å². The number of hydrogen-bond acceptors (Lipinski definition) is 3. The summed E-state index contributed by atoms with van der Waals surface area (Å²) in [5.74, 6) is 0.772. The predicted octanol–water partition coefficient (Wildman–Crippen LogP) is 5.07. The third kappa shape index (κ3) is 3.56. The number of rotatable bonds is 5. The molecule has 0 saturated heterocycles. The molecule has 2 heterocycles. The maximum absolute atomic E-state index is 13.7. The fourth-order valence-corrected chi connectivity index (χ4v) is 4.23. The van der Waals surface area contributed by atoms with Crippen LogP contribution in [-0.4, -0.2) is 21.2 Å². The molecule has 32 heavy (non-hydrogen) atoms. The molecule has 5 aromatic rings. The fraction of sp³-hybridized carbons (Fsp3) is 0.185. The number of nitrogens with zero attached hydrogens (tertiary/aromatic N) is 3. The predicted molar refractivity (Wildman–Crippen MR) is 129 cm³/mol. The molecule has 0 aliphatic carbocycles. The molecule has 0 N–H and O–H groups in total. The Morgan fingerprint density at radius 1 is 0.875 bits per heavy atom. The van der Waals surface area contributed by atoms with Crippen molar-refractivity contribution in [2.75, 3.05) is 7.11 Å². The number of hydrogen-bond donors (Lipinski definition) is 0. The van der Waals surface area contributed by atoms with Crippen LogP contribution in [-0.2, 0) is 13.1 Å². The molecule has 5 rings (SSSR count). The second-order valence-electron chi connectivity index (χ2n) is 8.32. The Morgan fingerprint density at radius 2 is 1.66 bits per heavy atom. The molecule has 5 nitrogen and oxygen atoms in total. The quantitative estimate of drug-likeness (QED) is 0.396. The molecule has 3 aromatic carbocycles. The zero-order valence-electron chi connectivity index (χ0n) is 18.5. The Hall–Kier alpha value is -3.86. The van der Waals surface area contributed by atoms with Crippen LogP contribution in [0.25, 0.3) is 21.9 Å². The number of benzene rings is 3. The molecule has 0 bridgehead atoms. The summed E-state index contributed by atoms with van der Waals surface area (Å²) < 4.78 is 9.11. The van der Waals surface area contributed by atoms with E-state index >= 15 is 0 Å². The number of ether oxygens (including phenoxy) is 1. The zero-order chi connectivity index (χ0) is 22.2. The van der Waals surface area contributed by atoms with Crippen molar-refractivity contribution in [3.63, 3.8) is 0 Å². The summed E-state index contributed by atoms with van der Waals surface area (Å²) in [6.45, 7) is 5.19. The largest absolute Gasteiger partial charge is 0.497 e. The Labute approximate surface area is 186 Å². The number of methoxy groups -OCH3 is 1. The number of fused-ring (bicyclic) bond motifs is 3. The lowest BCUT2D eigenvalue weighted by Crippen LogP contribution is -2.23. The van der Waals surface area contributed by atoms with Crippen molar-refractivity contribution >= 4 is 21.9 Å². The molecular formula is C27H25N3O2. The van der Waals surface area contributed by atoms with Gasteiger partial charge in [0.2, 0.25) is 0 Å². The molecule has 0 atom stereocenters. The van der Waals surface area contributed by atoms with Gasteiger partial charge in [-0.15, -0.1) is 0 Å². The molecule has 0 unspecified atom stereocenters. The van der Waals surface area contributed by atoms with Crippen LogP contribution >= 0.6 is 0 Å². The normalized spacial score (nSPS) is 11.3. The first kappa shape index (κ1) is 20.1. The van der Waals surface area contributed by atoms with E-state index in [1.165, 1.54) is 5.56 Å². The number of aromatic nitrogens is 3. The fourth-order valence-electron chi connectivity index (χ4n) is 4.23. The number of aryl methyl sites for hydroxylation is 2. The average Bonchev–Trinajstić information content (AvgIpc) is 3.10. The standard InChI is InChI=1S/C27H25N3O2/c1-18-7-10-20(11-8-18)16-30-24-12-9-19(2)13-23(24)25-26(30)27(31)29(17-28-25)15-21-5-4-6-22(14-21)32-3/h4-14,17H,15-16H2,1-3H3. The molecule has 0 amide bonds. The first-order chi connectivity index (χ1) is 15.5. The molecular weight excluding hydrogens is 398 g/mol. The molecule has 2 aromatic heterocycles. The molecule has 0 fully saturated rings. The topological polar surface area (TPSA) is 49.0 Å². The summed E-state index contributed by atoms with van der Waals surface area (Å²) in [6.07, 6.45) is 1.65. The molecule has 0 aliphatic rings. The van der Waals surface area contributed by atoms with Gasteiger partial charge >= 0.3 is 0 Å². The van der Waals surface area contributed by atoms with Gasteiger partial charge in [-0.25, -0.2) is 4.98 Å². The Balaban J connectivity index is 1.69. The maximum Gasteiger partial charge on any atom is 0.278 e. The van der Waals surface area contributed by atoms with Crippen LogP contribution in [0.5, 0.6) is 5.75 Å². The van der Waals surface area contributed by atoms with Crippen molar-refractivity contribution in [2.45, 2.75) is 26.9 Å². The molecule has 0 aliphatic heterocycles. The van der Waals surface area contributed by atoms with Crippen molar-refractivity contribution in [1.29, 1.82) is 0 Å². The summed E-state index contributed by atoms with van der Waals surface area (Å²) in [7, 11) is 1.64. The van der Waals surface area contributed by atoms with Crippen molar-refractivity contribution in [2.24, 2.45) is 0 Å². The molecule has 5 heteroatoms. The summed E-state index contributed by atoms with van der Waals surface area (Å²) in [6, 6.07) is 22.5. The van der Waals surface area contributed by atoms with Gasteiger partial charge in [0.25, 0.3) is 5.56 Å². The second-order valence-corrected chi connectivity index (χ2v) is 8.32. The van der Waals surface area contributed by atoms with E-state index in [1.807, 2.05) is 24.3 Å². The minimum Gasteiger partial charge on any atom is -0.497 e. The highest BCUT2D eigenvalue weighted by Gasteiger charge is 2.17. The highest BCUT2D eigenvalue weighted by atomic mass is 16.5. The SMILES string of the molecule is COc1cccc(Cn2cnc3c4cc(C)ccc4n(Cc4ccc(C)cc4)c3c2=O)c1. The van der Waals surface area contributed by atoms with E-state index in [-0.39, 0.29) is 5.56 Å². The lowest BCUT2D eigenvalue weighted by molar-refractivity contribution is 0.414. The van der Waals surface area contributed by atoms with E-state index in [1.54, 1.807) is 18.0 Å². The van der Waals surface area contributed by atoms with E-state index in [9.17, 15) is 4.79 Å². The minimum absolute atomic E-state index is 0.0428. The highest BCUT2D eigenvalue weighted by Crippen LogP contribution is 2.27. The third-order valence-electron chi connectivity index (χ3n) is 5.93. The molecule has 0 saturated carbocycles. The average molecular weight is 424 g/mol. The monoisotopic (exact) mass is 423 g/mol. The second kappa shape index (κ2) is 8.00. The van der Waals surface area contributed by atoms with Gasteiger partial charge in [0.15, 0.2) is 0 Å². The summed E-state index contributed by atoms with van der Waals surface area (Å²) in [5, 5.41) is 1.01. The molecule has 0 spiro atoms. The van der Waals surface area contributed by atoms with Crippen molar-refractivity contribution < 1.29 is 4.74 Å². The van der Waals surface area contributed by atoms with Gasteiger partial charge in [-0.3, -0.25) is 9.36 Å². The molecule has 160 valence electrons. The summed E-state index contributed by atoms with van der Waals surface area (Å²) in [4.78, 5) is 18.4.